The van der Waals surface area contributed by atoms with Crippen LogP contribution < -0.4 is 5.32 Å². The maximum atomic E-state index is 12.5. The minimum atomic E-state index is -0.266. The third-order valence-corrected chi connectivity index (χ3v) is 5.41. The first-order valence-electron chi connectivity index (χ1n) is 10.4. The van der Waals surface area contributed by atoms with Crippen molar-refractivity contribution in [3.8, 4) is 22.8 Å². The molecule has 0 spiro atoms. The molecule has 1 N–H and O–H groups in total. The van der Waals surface area contributed by atoms with Gasteiger partial charge in [0.2, 0.25) is 11.8 Å². The molecule has 162 valence electrons. The van der Waals surface area contributed by atoms with Gasteiger partial charge in [-0.2, -0.15) is 0 Å². The molecule has 0 bridgehead atoms. The SMILES string of the molecule is Cc1ccc(-c2nc3cc(Cl)ccc3o2)cc1NC(=O)C=Cc1ccc(-c2ccccc2)o1. The van der Waals surface area contributed by atoms with Gasteiger partial charge in [-0.15, -0.1) is 0 Å². The van der Waals surface area contributed by atoms with Crippen LogP contribution in [0.2, 0.25) is 5.02 Å². The van der Waals surface area contributed by atoms with Gasteiger partial charge in [0.25, 0.3) is 0 Å². The highest BCUT2D eigenvalue weighted by Gasteiger charge is 2.11. The number of nitrogens with zero attached hydrogens (tertiary/aromatic N) is 1. The first kappa shape index (κ1) is 20.8. The first-order valence-corrected chi connectivity index (χ1v) is 10.7. The van der Waals surface area contributed by atoms with Gasteiger partial charge in [0, 0.05) is 27.9 Å². The molecule has 5 aromatic rings. The maximum absolute atomic E-state index is 12.5. The van der Waals surface area contributed by atoms with Crippen molar-refractivity contribution in [3.05, 3.63) is 101 Å². The van der Waals surface area contributed by atoms with E-state index in [1.54, 1.807) is 24.3 Å². The highest BCUT2D eigenvalue weighted by molar-refractivity contribution is 6.31. The van der Waals surface area contributed by atoms with E-state index in [1.807, 2.05) is 67.6 Å². The molecule has 1 amide bonds. The number of hydrogen-bond donors (Lipinski definition) is 1. The Morgan fingerprint density at radius 3 is 2.64 bits per heavy atom. The Balaban J connectivity index is 1.32. The summed E-state index contributed by atoms with van der Waals surface area (Å²) in [6, 6.07) is 24.5. The average Bonchev–Trinajstić information content (AvgIpc) is 3.47. The molecule has 2 aromatic heterocycles. The fourth-order valence-corrected chi connectivity index (χ4v) is 3.61. The normalized spacial score (nSPS) is 11.3. The molecule has 5 nitrogen and oxygen atoms in total. The van der Waals surface area contributed by atoms with E-state index in [2.05, 4.69) is 10.3 Å². The van der Waals surface area contributed by atoms with Gasteiger partial charge in [0.15, 0.2) is 5.58 Å². The molecule has 0 aliphatic carbocycles. The van der Waals surface area contributed by atoms with Crippen LogP contribution in [0.15, 0.2) is 93.8 Å². The van der Waals surface area contributed by atoms with Gasteiger partial charge >= 0.3 is 0 Å². The highest BCUT2D eigenvalue weighted by Crippen LogP contribution is 2.29. The van der Waals surface area contributed by atoms with Crippen molar-refractivity contribution in [1.82, 2.24) is 4.98 Å². The number of furan rings is 1. The summed E-state index contributed by atoms with van der Waals surface area (Å²) in [5, 5.41) is 3.51. The number of fused-ring (bicyclic) bond motifs is 1. The lowest BCUT2D eigenvalue weighted by atomic mass is 10.1. The summed E-state index contributed by atoms with van der Waals surface area (Å²) in [6.07, 6.45) is 3.09. The fraction of sp³-hybridized carbons (Fsp3) is 0.0370. The smallest absolute Gasteiger partial charge is 0.248 e. The predicted molar refractivity (Wildman–Crippen MR) is 131 cm³/mol. The summed E-state index contributed by atoms with van der Waals surface area (Å²) in [6.45, 7) is 1.92. The second-order valence-corrected chi connectivity index (χ2v) is 7.99. The predicted octanol–water partition coefficient (Wildman–Crippen LogP) is 7.37. The van der Waals surface area contributed by atoms with Gasteiger partial charge in [-0.05, 0) is 61.0 Å². The molecule has 0 unspecified atom stereocenters. The van der Waals surface area contributed by atoms with Crippen LogP contribution in [0, 0.1) is 6.92 Å². The minimum absolute atomic E-state index is 0.266. The van der Waals surface area contributed by atoms with Crippen LogP contribution in [-0.2, 0) is 4.79 Å². The highest BCUT2D eigenvalue weighted by atomic mass is 35.5. The zero-order valence-corrected chi connectivity index (χ0v) is 18.5. The molecule has 0 radical (unpaired) electrons. The van der Waals surface area contributed by atoms with Crippen LogP contribution >= 0.6 is 11.6 Å². The largest absolute Gasteiger partial charge is 0.457 e. The molecule has 0 saturated heterocycles. The maximum Gasteiger partial charge on any atom is 0.248 e. The molecule has 0 saturated carbocycles. The summed E-state index contributed by atoms with van der Waals surface area (Å²) >= 11 is 6.04. The Morgan fingerprint density at radius 2 is 1.79 bits per heavy atom. The number of carbonyl (C=O) groups excluding carboxylic acids is 1. The summed E-state index contributed by atoms with van der Waals surface area (Å²) in [4.78, 5) is 17.1. The molecule has 2 heterocycles. The van der Waals surface area contributed by atoms with Gasteiger partial charge < -0.3 is 14.2 Å². The Labute approximate surface area is 195 Å². The molecule has 0 aliphatic rings. The van der Waals surface area contributed by atoms with E-state index in [9.17, 15) is 4.79 Å². The number of amides is 1. The van der Waals surface area contributed by atoms with Crippen LogP contribution in [0.5, 0.6) is 0 Å². The molecule has 33 heavy (non-hydrogen) atoms. The molecule has 6 heteroatoms. The van der Waals surface area contributed by atoms with Gasteiger partial charge in [0.05, 0.1) is 0 Å². The van der Waals surface area contributed by atoms with Crippen LogP contribution in [0.25, 0.3) is 40.0 Å². The molecule has 0 fully saturated rings. The number of nitrogens with one attached hydrogen (secondary N) is 1. The molecular formula is C27H19ClN2O3. The number of hydrogen-bond acceptors (Lipinski definition) is 4. The van der Waals surface area contributed by atoms with Crippen molar-refractivity contribution in [2.75, 3.05) is 5.32 Å². The zero-order chi connectivity index (χ0) is 22.8. The standard InChI is InChI=1S/C27H19ClN2O3/c1-17-7-8-19(27-30-23-16-20(28)9-12-25(23)33-27)15-22(17)29-26(31)14-11-21-10-13-24(32-21)18-5-3-2-4-6-18/h2-16H,1H3,(H,29,31). The summed E-state index contributed by atoms with van der Waals surface area (Å²) in [5.41, 5.74) is 4.66. The van der Waals surface area contributed by atoms with E-state index in [-0.39, 0.29) is 5.91 Å². The van der Waals surface area contributed by atoms with Crippen molar-refractivity contribution < 1.29 is 13.6 Å². The Kier molecular flexibility index (Phi) is 5.55. The molecular weight excluding hydrogens is 436 g/mol. The Hall–Kier alpha value is -4.09. The summed E-state index contributed by atoms with van der Waals surface area (Å²) in [7, 11) is 0. The van der Waals surface area contributed by atoms with Gasteiger partial charge in [-0.1, -0.05) is 48.0 Å². The number of carbonyl (C=O) groups is 1. The molecule has 0 aliphatic heterocycles. The number of benzene rings is 3. The van der Waals surface area contributed by atoms with Gasteiger partial charge in [-0.3, -0.25) is 4.79 Å². The van der Waals surface area contributed by atoms with Crippen molar-refractivity contribution >= 4 is 40.4 Å². The first-order chi connectivity index (χ1) is 16.0. The topological polar surface area (TPSA) is 68.3 Å². The summed E-state index contributed by atoms with van der Waals surface area (Å²) in [5.74, 6) is 1.54. The third-order valence-electron chi connectivity index (χ3n) is 5.18. The monoisotopic (exact) mass is 454 g/mol. The van der Waals surface area contributed by atoms with E-state index in [1.165, 1.54) is 6.08 Å². The molecule has 3 aromatic carbocycles. The van der Waals surface area contributed by atoms with E-state index in [4.69, 9.17) is 20.4 Å². The third kappa shape index (κ3) is 4.59. The Morgan fingerprint density at radius 1 is 0.939 bits per heavy atom. The van der Waals surface area contributed by atoms with E-state index in [0.717, 1.165) is 22.5 Å². The second kappa shape index (κ2) is 8.81. The van der Waals surface area contributed by atoms with Crippen LogP contribution in [0.3, 0.4) is 0 Å². The Bertz CT molecular complexity index is 1480. The lowest BCUT2D eigenvalue weighted by Gasteiger charge is -2.07. The van der Waals surface area contributed by atoms with Crippen molar-refractivity contribution in [2.24, 2.45) is 0 Å². The number of halogens is 1. The van der Waals surface area contributed by atoms with E-state index in [0.29, 0.717) is 33.5 Å². The quantitative estimate of drug-likeness (QED) is 0.281. The number of aromatic nitrogens is 1. The zero-order valence-electron chi connectivity index (χ0n) is 17.7. The van der Waals surface area contributed by atoms with Crippen LogP contribution in [0.4, 0.5) is 5.69 Å². The van der Waals surface area contributed by atoms with Crippen LogP contribution in [0.1, 0.15) is 11.3 Å². The van der Waals surface area contributed by atoms with E-state index < -0.39 is 0 Å². The number of aryl methyl sites for hydroxylation is 1. The lowest BCUT2D eigenvalue weighted by Crippen LogP contribution is -2.09. The van der Waals surface area contributed by atoms with Gasteiger partial charge in [0.1, 0.15) is 17.0 Å². The molecule has 0 atom stereocenters. The van der Waals surface area contributed by atoms with Crippen molar-refractivity contribution in [2.45, 2.75) is 6.92 Å². The number of oxazole rings is 1. The lowest BCUT2D eigenvalue weighted by molar-refractivity contribution is -0.111. The van der Waals surface area contributed by atoms with Gasteiger partial charge in [-0.25, -0.2) is 4.98 Å². The fourth-order valence-electron chi connectivity index (χ4n) is 3.45. The minimum Gasteiger partial charge on any atom is -0.457 e. The van der Waals surface area contributed by atoms with E-state index >= 15 is 0 Å². The second-order valence-electron chi connectivity index (χ2n) is 7.55. The van der Waals surface area contributed by atoms with Crippen molar-refractivity contribution in [3.63, 3.8) is 0 Å². The average molecular weight is 455 g/mol. The summed E-state index contributed by atoms with van der Waals surface area (Å²) < 4.78 is 11.7. The number of rotatable bonds is 5. The molecule has 5 rings (SSSR count). The number of anilines is 1. The van der Waals surface area contributed by atoms with Crippen molar-refractivity contribution in [1.29, 1.82) is 0 Å². The van der Waals surface area contributed by atoms with Crippen LogP contribution in [-0.4, -0.2) is 10.9 Å².